The maximum absolute atomic E-state index is 10.9. The molecule has 0 amide bonds. The molecule has 0 fully saturated rings. The van der Waals surface area contributed by atoms with Gasteiger partial charge in [0.15, 0.2) is 0 Å². The molecule has 0 atom stereocenters. The highest BCUT2D eigenvalue weighted by Crippen LogP contribution is 2.25. The topological polar surface area (TPSA) is 46.5 Å². The zero-order chi connectivity index (χ0) is 10.7. The van der Waals surface area contributed by atoms with E-state index in [0.29, 0.717) is 17.7 Å². The molecule has 0 heterocycles. The monoisotopic (exact) mass is 194 g/mol. The number of rotatable bonds is 3. The summed E-state index contributed by atoms with van der Waals surface area (Å²) in [5, 5.41) is 8.99. The van der Waals surface area contributed by atoms with Crippen LogP contribution < -0.4 is 4.74 Å². The third kappa shape index (κ3) is 1.87. The lowest BCUT2D eigenvalue weighted by molar-refractivity contribution is 0.0695. The third-order valence-corrected chi connectivity index (χ3v) is 2.16. The van der Waals surface area contributed by atoms with Crippen molar-refractivity contribution in [3.63, 3.8) is 0 Å². The van der Waals surface area contributed by atoms with Crippen LogP contribution in [0.1, 0.15) is 28.4 Å². The fourth-order valence-corrected chi connectivity index (χ4v) is 1.52. The van der Waals surface area contributed by atoms with Crippen molar-refractivity contribution in [2.75, 3.05) is 7.11 Å². The van der Waals surface area contributed by atoms with Gasteiger partial charge in [0, 0.05) is 5.56 Å². The fourth-order valence-electron chi connectivity index (χ4n) is 1.52. The zero-order valence-corrected chi connectivity index (χ0v) is 8.63. The number of hydrogen-bond acceptors (Lipinski definition) is 2. The van der Waals surface area contributed by atoms with Crippen molar-refractivity contribution in [2.24, 2.45) is 0 Å². The molecular weight excluding hydrogens is 180 g/mol. The molecular formula is C11H14O3. The van der Waals surface area contributed by atoms with E-state index in [1.807, 2.05) is 19.9 Å². The lowest BCUT2D eigenvalue weighted by Gasteiger charge is -2.10. The first-order valence-corrected chi connectivity index (χ1v) is 4.51. The van der Waals surface area contributed by atoms with Crippen LogP contribution in [0.3, 0.4) is 0 Å². The van der Waals surface area contributed by atoms with Gasteiger partial charge in [0.05, 0.1) is 12.7 Å². The summed E-state index contributed by atoms with van der Waals surface area (Å²) in [6, 6.07) is 3.52. The standard InChI is InChI=1S/C11H14O3/c1-4-8-9(11(12)13)5-7(2)6-10(8)14-3/h5-6H,4H2,1-3H3,(H,12,13). The van der Waals surface area contributed by atoms with Gasteiger partial charge in [0.2, 0.25) is 0 Å². The summed E-state index contributed by atoms with van der Waals surface area (Å²) in [4.78, 5) is 10.9. The van der Waals surface area contributed by atoms with E-state index in [1.54, 1.807) is 13.2 Å². The maximum atomic E-state index is 10.9. The maximum Gasteiger partial charge on any atom is 0.336 e. The van der Waals surface area contributed by atoms with Crippen LogP contribution in [0.15, 0.2) is 12.1 Å². The number of methoxy groups -OCH3 is 1. The first kappa shape index (κ1) is 10.6. The average molecular weight is 194 g/mol. The minimum atomic E-state index is -0.899. The smallest absolute Gasteiger partial charge is 0.336 e. The highest BCUT2D eigenvalue weighted by atomic mass is 16.5. The van der Waals surface area contributed by atoms with Crippen molar-refractivity contribution in [1.82, 2.24) is 0 Å². The molecule has 1 N–H and O–H groups in total. The Labute approximate surface area is 83.3 Å². The second kappa shape index (κ2) is 4.13. The number of hydrogen-bond donors (Lipinski definition) is 1. The Balaban J connectivity index is 3.39. The highest BCUT2D eigenvalue weighted by Gasteiger charge is 2.13. The summed E-state index contributed by atoms with van der Waals surface area (Å²) >= 11 is 0. The van der Waals surface area contributed by atoms with Crippen LogP contribution in [-0.2, 0) is 6.42 Å². The summed E-state index contributed by atoms with van der Waals surface area (Å²) in [6.07, 6.45) is 0.658. The van der Waals surface area contributed by atoms with Gasteiger partial charge in [-0.1, -0.05) is 6.92 Å². The van der Waals surface area contributed by atoms with E-state index in [2.05, 4.69) is 0 Å². The van der Waals surface area contributed by atoms with Gasteiger partial charge in [0.25, 0.3) is 0 Å². The van der Waals surface area contributed by atoms with Crippen molar-refractivity contribution in [3.8, 4) is 5.75 Å². The molecule has 3 heteroatoms. The van der Waals surface area contributed by atoms with Crippen LogP contribution in [0.25, 0.3) is 0 Å². The van der Waals surface area contributed by atoms with E-state index < -0.39 is 5.97 Å². The predicted molar refractivity (Wildman–Crippen MR) is 54.1 cm³/mol. The van der Waals surface area contributed by atoms with Gasteiger partial charge in [-0.2, -0.15) is 0 Å². The molecule has 0 aliphatic rings. The Morgan fingerprint density at radius 2 is 2.14 bits per heavy atom. The van der Waals surface area contributed by atoms with Gasteiger partial charge in [-0.25, -0.2) is 4.79 Å². The lowest BCUT2D eigenvalue weighted by Crippen LogP contribution is -2.04. The summed E-state index contributed by atoms with van der Waals surface area (Å²) in [5.74, 6) is -0.242. The van der Waals surface area contributed by atoms with Crippen molar-refractivity contribution in [3.05, 3.63) is 28.8 Å². The fraction of sp³-hybridized carbons (Fsp3) is 0.364. The van der Waals surface area contributed by atoms with Crippen molar-refractivity contribution in [1.29, 1.82) is 0 Å². The molecule has 76 valence electrons. The molecule has 1 aromatic rings. The van der Waals surface area contributed by atoms with E-state index in [1.165, 1.54) is 0 Å². The number of benzene rings is 1. The molecule has 0 saturated carbocycles. The first-order chi connectivity index (χ1) is 6.60. The Morgan fingerprint density at radius 1 is 1.50 bits per heavy atom. The summed E-state index contributed by atoms with van der Waals surface area (Å²) in [5.41, 5.74) is 1.99. The average Bonchev–Trinajstić information content (AvgIpc) is 2.16. The number of carboxylic acids is 1. The molecule has 1 aromatic carbocycles. The molecule has 14 heavy (non-hydrogen) atoms. The van der Waals surface area contributed by atoms with Gasteiger partial charge >= 0.3 is 5.97 Å². The molecule has 0 aliphatic heterocycles. The number of aromatic carboxylic acids is 1. The summed E-state index contributed by atoms with van der Waals surface area (Å²) < 4.78 is 5.14. The van der Waals surface area contributed by atoms with E-state index >= 15 is 0 Å². The minimum Gasteiger partial charge on any atom is -0.496 e. The van der Waals surface area contributed by atoms with Gasteiger partial charge in [-0.05, 0) is 31.0 Å². The third-order valence-electron chi connectivity index (χ3n) is 2.16. The molecule has 0 aromatic heterocycles. The number of ether oxygens (including phenoxy) is 1. The van der Waals surface area contributed by atoms with Crippen molar-refractivity contribution >= 4 is 5.97 Å². The Kier molecular flexibility index (Phi) is 3.12. The quantitative estimate of drug-likeness (QED) is 0.802. The molecule has 0 bridgehead atoms. The molecule has 0 saturated heterocycles. The molecule has 0 unspecified atom stereocenters. The van der Waals surface area contributed by atoms with Crippen LogP contribution in [0, 0.1) is 6.92 Å². The van der Waals surface area contributed by atoms with Crippen molar-refractivity contribution in [2.45, 2.75) is 20.3 Å². The van der Waals surface area contributed by atoms with E-state index in [0.717, 1.165) is 11.1 Å². The molecule has 1 rings (SSSR count). The van der Waals surface area contributed by atoms with Gasteiger partial charge in [-0.15, -0.1) is 0 Å². The largest absolute Gasteiger partial charge is 0.496 e. The predicted octanol–water partition coefficient (Wildman–Crippen LogP) is 2.26. The second-order valence-corrected chi connectivity index (χ2v) is 3.15. The molecule has 0 radical (unpaired) electrons. The SMILES string of the molecule is CCc1c(OC)cc(C)cc1C(=O)O. The van der Waals surface area contributed by atoms with Gasteiger partial charge in [-0.3, -0.25) is 0 Å². The van der Waals surface area contributed by atoms with E-state index in [9.17, 15) is 4.79 Å². The molecule has 0 spiro atoms. The molecule has 3 nitrogen and oxygen atoms in total. The summed E-state index contributed by atoms with van der Waals surface area (Å²) in [7, 11) is 1.56. The minimum absolute atomic E-state index is 0.337. The normalized spacial score (nSPS) is 9.93. The van der Waals surface area contributed by atoms with Crippen LogP contribution in [-0.4, -0.2) is 18.2 Å². The van der Waals surface area contributed by atoms with Crippen molar-refractivity contribution < 1.29 is 14.6 Å². The van der Waals surface area contributed by atoms with Crippen LogP contribution in [0.5, 0.6) is 5.75 Å². The Bertz CT molecular complexity index is 356. The Hall–Kier alpha value is -1.51. The van der Waals surface area contributed by atoms with Crippen LogP contribution in [0.2, 0.25) is 0 Å². The van der Waals surface area contributed by atoms with E-state index in [4.69, 9.17) is 9.84 Å². The molecule has 0 aliphatic carbocycles. The lowest BCUT2D eigenvalue weighted by atomic mass is 10.0. The zero-order valence-electron chi connectivity index (χ0n) is 8.63. The van der Waals surface area contributed by atoms with Crippen LogP contribution >= 0.6 is 0 Å². The van der Waals surface area contributed by atoms with Crippen LogP contribution in [0.4, 0.5) is 0 Å². The first-order valence-electron chi connectivity index (χ1n) is 4.51. The highest BCUT2D eigenvalue weighted by molar-refractivity contribution is 5.90. The Morgan fingerprint density at radius 3 is 2.57 bits per heavy atom. The van der Waals surface area contributed by atoms with Gasteiger partial charge in [0.1, 0.15) is 5.75 Å². The van der Waals surface area contributed by atoms with Gasteiger partial charge < -0.3 is 9.84 Å². The number of carboxylic acid groups (broad SMARTS) is 1. The summed E-state index contributed by atoms with van der Waals surface area (Å²) in [6.45, 7) is 3.77. The number of aryl methyl sites for hydroxylation is 1. The number of carbonyl (C=O) groups is 1. The van der Waals surface area contributed by atoms with E-state index in [-0.39, 0.29) is 0 Å². The second-order valence-electron chi connectivity index (χ2n) is 3.15.